The maximum atomic E-state index is 12.6. The van der Waals surface area contributed by atoms with E-state index in [0.29, 0.717) is 11.2 Å². The number of aliphatic hydroxyl groups excluding tert-OH is 1. The Morgan fingerprint density at radius 2 is 2.00 bits per heavy atom. The van der Waals surface area contributed by atoms with Crippen LogP contribution in [0.1, 0.15) is 26.7 Å². The van der Waals surface area contributed by atoms with Crippen molar-refractivity contribution < 1.29 is 14.6 Å². The fourth-order valence-electron chi connectivity index (χ4n) is 5.20. The van der Waals surface area contributed by atoms with Gasteiger partial charge in [-0.25, -0.2) is 0 Å². The van der Waals surface area contributed by atoms with E-state index < -0.39 is 11.5 Å². The van der Waals surface area contributed by atoms with Crippen LogP contribution in [0.2, 0.25) is 0 Å². The first kappa shape index (κ1) is 15.4. The lowest BCUT2D eigenvalue weighted by Crippen LogP contribution is -2.59. The van der Waals surface area contributed by atoms with Crippen LogP contribution in [0.25, 0.3) is 0 Å². The van der Waals surface area contributed by atoms with Crippen LogP contribution >= 0.6 is 23.5 Å². The third kappa shape index (κ3) is 1.97. The first-order chi connectivity index (χ1) is 10.5. The summed E-state index contributed by atoms with van der Waals surface area (Å²) in [5, 5.41) is 10.9. The molecule has 5 heteroatoms. The maximum Gasteiger partial charge on any atom is 0.310 e. The van der Waals surface area contributed by atoms with Crippen molar-refractivity contribution in [2.75, 3.05) is 18.1 Å². The summed E-state index contributed by atoms with van der Waals surface area (Å²) in [6, 6.07) is 0. The van der Waals surface area contributed by atoms with Crippen LogP contribution in [0, 0.1) is 28.6 Å². The van der Waals surface area contributed by atoms with Crippen molar-refractivity contribution in [2.24, 2.45) is 28.6 Å². The van der Waals surface area contributed by atoms with Gasteiger partial charge in [-0.3, -0.25) is 4.79 Å². The summed E-state index contributed by atoms with van der Waals surface area (Å²) >= 11 is 3.92. The Morgan fingerprint density at radius 1 is 1.27 bits per heavy atom. The lowest BCUT2D eigenvalue weighted by molar-refractivity contribution is -0.145. The van der Waals surface area contributed by atoms with E-state index in [0.717, 1.165) is 24.3 Å². The Hall–Kier alpha value is -0.130. The van der Waals surface area contributed by atoms with Gasteiger partial charge in [0.2, 0.25) is 0 Å². The molecule has 22 heavy (non-hydrogen) atoms. The SMILES string of the molecule is CC1(C)CC[C@H](O)[C@]23COC(=O)[C@H]2[C@@H](C2SCCS2)C=C[C@@H]13. The number of thioether (sulfide) groups is 2. The lowest BCUT2D eigenvalue weighted by atomic mass is 9.48. The number of aliphatic hydroxyl groups is 1. The zero-order chi connectivity index (χ0) is 15.5. The van der Waals surface area contributed by atoms with Crippen LogP contribution in [0.4, 0.5) is 0 Å². The lowest BCUT2D eigenvalue weighted by Gasteiger charge is -2.56. The summed E-state index contributed by atoms with van der Waals surface area (Å²) in [6.07, 6.45) is 5.94. The molecule has 2 aliphatic heterocycles. The molecule has 1 N–H and O–H groups in total. The highest BCUT2D eigenvalue weighted by Gasteiger charge is 2.67. The Labute approximate surface area is 140 Å². The number of rotatable bonds is 1. The number of allylic oxidation sites excluding steroid dienone is 2. The third-order valence-electron chi connectivity index (χ3n) is 6.27. The third-order valence-corrected chi connectivity index (χ3v) is 9.51. The van der Waals surface area contributed by atoms with Gasteiger partial charge in [-0.2, -0.15) is 0 Å². The van der Waals surface area contributed by atoms with Gasteiger partial charge in [-0.15, -0.1) is 23.5 Å². The molecule has 0 amide bonds. The second-order valence-electron chi connectivity index (χ2n) is 7.79. The van der Waals surface area contributed by atoms with Gasteiger partial charge < -0.3 is 9.84 Å². The van der Waals surface area contributed by atoms with Crippen molar-refractivity contribution in [1.82, 2.24) is 0 Å². The van der Waals surface area contributed by atoms with Crippen LogP contribution in [-0.2, 0) is 9.53 Å². The smallest absolute Gasteiger partial charge is 0.310 e. The summed E-state index contributed by atoms with van der Waals surface area (Å²) in [7, 11) is 0. The van der Waals surface area contributed by atoms with Gasteiger partial charge in [0.05, 0.1) is 22.0 Å². The molecule has 5 atom stereocenters. The summed E-state index contributed by atoms with van der Waals surface area (Å²) in [6.45, 7) is 4.94. The predicted octanol–water partition coefficient (Wildman–Crippen LogP) is 2.94. The number of hydrogen-bond donors (Lipinski definition) is 1. The first-order valence-electron chi connectivity index (χ1n) is 8.23. The first-order valence-corrected chi connectivity index (χ1v) is 10.3. The molecule has 1 saturated carbocycles. The summed E-state index contributed by atoms with van der Waals surface area (Å²) in [5.41, 5.74) is -0.287. The molecule has 4 rings (SSSR count). The molecule has 3 fully saturated rings. The molecule has 4 aliphatic rings. The van der Waals surface area contributed by atoms with Gasteiger partial charge in [-0.05, 0) is 24.2 Å². The number of hydrogen-bond acceptors (Lipinski definition) is 5. The summed E-state index contributed by atoms with van der Waals surface area (Å²) < 4.78 is 5.99. The average Bonchev–Trinajstić information content (AvgIpc) is 3.12. The van der Waals surface area contributed by atoms with Crippen LogP contribution in [0.15, 0.2) is 12.2 Å². The quantitative estimate of drug-likeness (QED) is 0.587. The van der Waals surface area contributed by atoms with E-state index in [1.54, 1.807) is 0 Å². The Balaban J connectivity index is 1.80. The van der Waals surface area contributed by atoms with Crippen LogP contribution in [0.5, 0.6) is 0 Å². The van der Waals surface area contributed by atoms with Crippen molar-refractivity contribution >= 4 is 29.5 Å². The summed E-state index contributed by atoms with van der Waals surface area (Å²) in [5.74, 6) is 2.50. The molecular weight excluding hydrogens is 316 g/mol. The van der Waals surface area contributed by atoms with E-state index in [4.69, 9.17) is 4.74 Å². The molecule has 0 radical (unpaired) electrons. The maximum absolute atomic E-state index is 12.6. The van der Waals surface area contributed by atoms with Crippen LogP contribution in [0.3, 0.4) is 0 Å². The second kappa shape index (κ2) is 5.18. The fraction of sp³-hybridized carbons (Fsp3) is 0.824. The van der Waals surface area contributed by atoms with Crippen molar-refractivity contribution in [3.63, 3.8) is 0 Å². The minimum Gasteiger partial charge on any atom is -0.465 e. The molecule has 0 unspecified atom stereocenters. The van der Waals surface area contributed by atoms with Gasteiger partial charge in [0, 0.05) is 17.4 Å². The number of cyclic esters (lactones) is 1. The van der Waals surface area contributed by atoms with Crippen molar-refractivity contribution in [1.29, 1.82) is 0 Å². The molecule has 0 aromatic heterocycles. The molecule has 2 heterocycles. The molecule has 3 nitrogen and oxygen atoms in total. The van der Waals surface area contributed by atoms with E-state index in [-0.39, 0.29) is 29.1 Å². The van der Waals surface area contributed by atoms with Crippen molar-refractivity contribution in [3.05, 3.63) is 12.2 Å². The van der Waals surface area contributed by atoms with Crippen molar-refractivity contribution in [2.45, 2.75) is 37.4 Å². The molecule has 2 aliphatic carbocycles. The highest BCUT2D eigenvalue weighted by molar-refractivity contribution is 8.20. The average molecular weight is 341 g/mol. The molecule has 1 spiro atoms. The zero-order valence-corrected chi connectivity index (χ0v) is 14.8. The zero-order valence-electron chi connectivity index (χ0n) is 13.2. The van der Waals surface area contributed by atoms with Gasteiger partial charge >= 0.3 is 5.97 Å². The standard InChI is InChI=1S/C17H24O3S2/c1-16(2)6-5-12(18)17-9-20-14(19)13(17)10(3-4-11(16)17)15-21-7-8-22-15/h3-4,10-13,15,18H,5-9H2,1-2H3/t10-,11-,12-,13+,17+/m0/s1. The van der Waals surface area contributed by atoms with Gasteiger partial charge in [0.15, 0.2) is 0 Å². The fourth-order valence-corrected chi connectivity index (χ4v) is 8.34. The highest BCUT2D eigenvalue weighted by Crippen LogP contribution is 2.63. The second-order valence-corrected chi connectivity index (χ2v) is 10.6. The van der Waals surface area contributed by atoms with Crippen LogP contribution < -0.4 is 0 Å². The topological polar surface area (TPSA) is 46.5 Å². The largest absolute Gasteiger partial charge is 0.465 e. The Morgan fingerprint density at radius 3 is 2.73 bits per heavy atom. The van der Waals surface area contributed by atoms with Gasteiger partial charge in [-0.1, -0.05) is 26.0 Å². The van der Waals surface area contributed by atoms with E-state index in [1.807, 2.05) is 23.5 Å². The van der Waals surface area contributed by atoms with E-state index in [1.165, 1.54) is 0 Å². The number of esters is 1. The van der Waals surface area contributed by atoms with E-state index in [2.05, 4.69) is 26.0 Å². The van der Waals surface area contributed by atoms with Gasteiger partial charge in [0.1, 0.15) is 6.61 Å². The molecule has 122 valence electrons. The molecular formula is C17H24O3S2. The van der Waals surface area contributed by atoms with Crippen LogP contribution in [-0.4, -0.2) is 39.9 Å². The Kier molecular flexibility index (Phi) is 3.63. The molecule has 0 aromatic carbocycles. The monoisotopic (exact) mass is 340 g/mol. The summed E-state index contributed by atoms with van der Waals surface area (Å²) in [4.78, 5) is 12.6. The number of carbonyl (C=O) groups excluding carboxylic acids is 1. The Bertz CT molecular complexity index is 512. The van der Waals surface area contributed by atoms with E-state index >= 15 is 0 Å². The molecule has 0 aromatic rings. The number of carbonyl (C=O) groups is 1. The number of ether oxygens (including phenoxy) is 1. The van der Waals surface area contributed by atoms with E-state index in [9.17, 15) is 9.90 Å². The normalized spacial score (nSPS) is 47.1. The molecule has 2 saturated heterocycles. The van der Waals surface area contributed by atoms with Gasteiger partial charge in [0.25, 0.3) is 0 Å². The minimum absolute atomic E-state index is 0.0794. The molecule has 0 bridgehead atoms. The highest BCUT2D eigenvalue weighted by atomic mass is 32.2. The van der Waals surface area contributed by atoms with Crippen molar-refractivity contribution in [3.8, 4) is 0 Å². The minimum atomic E-state index is -0.425. The predicted molar refractivity (Wildman–Crippen MR) is 90.7 cm³/mol.